The van der Waals surface area contributed by atoms with Crippen LogP contribution in [0.5, 0.6) is 0 Å². The van der Waals surface area contributed by atoms with E-state index in [0.717, 1.165) is 31.9 Å². The van der Waals surface area contributed by atoms with Gasteiger partial charge >= 0.3 is 0 Å². The zero-order valence-electron chi connectivity index (χ0n) is 9.52. The lowest BCUT2D eigenvalue weighted by Gasteiger charge is -2.22. The summed E-state index contributed by atoms with van der Waals surface area (Å²) < 4.78 is 1.30. The maximum atomic E-state index is 5.56. The van der Waals surface area contributed by atoms with Crippen LogP contribution in [0.15, 0.2) is 23.7 Å². The number of pyridine rings is 1. The minimum absolute atomic E-state index is 0.732. The number of thiophene rings is 1. The quantitative estimate of drug-likeness (QED) is 0.865. The van der Waals surface area contributed by atoms with Gasteiger partial charge in [0.2, 0.25) is 0 Å². The van der Waals surface area contributed by atoms with Crippen molar-refractivity contribution >= 4 is 27.2 Å². The molecule has 0 aromatic carbocycles. The van der Waals surface area contributed by atoms with E-state index in [1.54, 1.807) is 11.3 Å². The predicted octanol–water partition coefficient (Wildman–Crippen LogP) is 2.47. The molecule has 0 amide bonds. The summed E-state index contributed by atoms with van der Waals surface area (Å²) in [7, 11) is 0. The number of hydrogen-bond acceptors (Lipinski definition) is 4. The molecule has 0 saturated heterocycles. The van der Waals surface area contributed by atoms with Crippen LogP contribution in [-0.2, 0) is 0 Å². The van der Waals surface area contributed by atoms with Crippen molar-refractivity contribution in [2.24, 2.45) is 5.73 Å². The molecule has 2 heterocycles. The summed E-state index contributed by atoms with van der Waals surface area (Å²) in [5.74, 6) is 1.09. The van der Waals surface area contributed by atoms with E-state index < -0.39 is 0 Å². The molecule has 4 heteroatoms. The summed E-state index contributed by atoms with van der Waals surface area (Å²) in [5, 5.41) is 3.37. The monoisotopic (exact) mass is 235 g/mol. The molecular weight excluding hydrogens is 218 g/mol. The van der Waals surface area contributed by atoms with Crippen molar-refractivity contribution in [3.8, 4) is 0 Å². The standard InChI is InChI=1S/C12H17N3S/c1-2-15(8-3-6-13)12-10-5-9-16-11(10)4-7-14-12/h4-5,7,9H,2-3,6,8,13H2,1H3. The number of rotatable bonds is 5. The van der Waals surface area contributed by atoms with Crippen LogP contribution >= 0.6 is 11.3 Å². The fraction of sp³-hybridized carbons (Fsp3) is 0.417. The van der Waals surface area contributed by atoms with Gasteiger partial charge in [0.15, 0.2) is 0 Å². The Morgan fingerprint density at radius 2 is 2.31 bits per heavy atom. The molecule has 86 valence electrons. The minimum Gasteiger partial charge on any atom is -0.356 e. The Bertz CT molecular complexity index is 452. The lowest BCUT2D eigenvalue weighted by molar-refractivity contribution is 0.748. The lowest BCUT2D eigenvalue weighted by Crippen LogP contribution is -2.26. The second-order valence-electron chi connectivity index (χ2n) is 3.69. The number of aromatic nitrogens is 1. The SMILES string of the molecule is CCN(CCCN)c1nccc2sccc12. The number of fused-ring (bicyclic) bond motifs is 1. The van der Waals surface area contributed by atoms with E-state index in [-0.39, 0.29) is 0 Å². The van der Waals surface area contributed by atoms with Gasteiger partial charge in [0.25, 0.3) is 0 Å². The normalized spacial score (nSPS) is 10.9. The van der Waals surface area contributed by atoms with Crippen LogP contribution in [0.3, 0.4) is 0 Å². The Labute approximate surface area is 99.9 Å². The fourth-order valence-corrected chi connectivity index (χ4v) is 2.60. The molecule has 0 fully saturated rings. The average molecular weight is 235 g/mol. The molecule has 2 aromatic rings. The van der Waals surface area contributed by atoms with E-state index in [9.17, 15) is 0 Å². The Morgan fingerprint density at radius 3 is 3.06 bits per heavy atom. The molecule has 3 nitrogen and oxygen atoms in total. The minimum atomic E-state index is 0.732. The van der Waals surface area contributed by atoms with Crippen molar-refractivity contribution in [3.63, 3.8) is 0 Å². The smallest absolute Gasteiger partial charge is 0.137 e. The molecule has 0 aliphatic rings. The van der Waals surface area contributed by atoms with Crippen LogP contribution in [0.4, 0.5) is 5.82 Å². The second kappa shape index (κ2) is 5.27. The fourth-order valence-electron chi connectivity index (χ4n) is 1.83. The molecule has 0 unspecified atom stereocenters. The van der Waals surface area contributed by atoms with Gasteiger partial charge in [-0.2, -0.15) is 0 Å². The third-order valence-corrected chi connectivity index (χ3v) is 3.55. The third kappa shape index (κ3) is 2.18. The highest BCUT2D eigenvalue weighted by Crippen LogP contribution is 2.28. The van der Waals surface area contributed by atoms with Crippen LogP contribution in [0, 0.1) is 0 Å². The van der Waals surface area contributed by atoms with Gasteiger partial charge in [-0.15, -0.1) is 11.3 Å². The summed E-state index contributed by atoms with van der Waals surface area (Å²) >= 11 is 1.76. The second-order valence-corrected chi connectivity index (χ2v) is 4.64. The molecule has 0 atom stereocenters. The molecule has 0 aliphatic heterocycles. The van der Waals surface area contributed by atoms with E-state index in [1.165, 1.54) is 10.1 Å². The van der Waals surface area contributed by atoms with Crippen molar-refractivity contribution in [1.82, 2.24) is 4.98 Å². The Kier molecular flexibility index (Phi) is 3.74. The highest BCUT2D eigenvalue weighted by molar-refractivity contribution is 7.17. The Morgan fingerprint density at radius 1 is 1.44 bits per heavy atom. The van der Waals surface area contributed by atoms with Gasteiger partial charge in [-0.1, -0.05) is 0 Å². The van der Waals surface area contributed by atoms with Crippen molar-refractivity contribution in [2.45, 2.75) is 13.3 Å². The van der Waals surface area contributed by atoms with Gasteiger partial charge in [-0.05, 0) is 37.4 Å². The molecule has 2 rings (SSSR count). The van der Waals surface area contributed by atoms with Gasteiger partial charge in [-0.3, -0.25) is 0 Å². The maximum Gasteiger partial charge on any atom is 0.137 e. The first-order chi connectivity index (χ1) is 7.86. The summed E-state index contributed by atoms with van der Waals surface area (Å²) in [6.45, 7) is 4.84. The first kappa shape index (κ1) is 11.4. The van der Waals surface area contributed by atoms with E-state index in [4.69, 9.17) is 5.73 Å². The maximum absolute atomic E-state index is 5.56. The van der Waals surface area contributed by atoms with Crippen LogP contribution < -0.4 is 10.6 Å². The van der Waals surface area contributed by atoms with Gasteiger partial charge in [0, 0.05) is 29.4 Å². The van der Waals surface area contributed by atoms with Crippen molar-refractivity contribution in [2.75, 3.05) is 24.5 Å². The number of anilines is 1. The zero-order valence-corrected chi connectivity index (χ0v) is 10.3. The van der Waals surface area contributed by atoms with Crippen LogP contribution in [0.25, 0.3) is 10.1 Å². The summed E-state index contributed by atoms with van der Waals surface area (Å²) in [6.07, 6.45) is 2.90. The van der Waals surface area contributed by atoms with Crippen LogP contribution in [0.1, 0.15) is 13.3 Å². The summed E-state index contributed by atoms with van der Waals surface area (Å²) in [4.78, 5) is 6.79. The predicted molar refractivity (Wildman–Crippen MR) is 71.2 cm³/mol. The van der Waals surface area contributed by atoms with E-state index in [2.05, 4.69) is 34.3 Å². The number of nitrogens with zero attached hydrogens (tertiary/aromatic N) is 2. The molecule has 0 bridgehead atoms. The molecule has 0 saturated carbocycles. The molecule has 0 aliphatic carbocycles. The van der Waals surface area contributed by atoms with E-state index in [0.29, 0.717) is 0 Å². The summed E-state index contributed by atoms with van der Waals surface area (Å²) in [6, 6.07) is 4.22. The molecule has 16 heavy (non-hydrogen) atoms. The molecular formula is C12H17N3S. The van der Waals surface area contributed by atoms with Gasteiger partial charge in [-0.25, -0.2) is 4.98 Å². The highest BCUT2D eigenvalue weighted by atomic mass is 32.1. The van der Waals surface area contributed by atoms with Crippen LogP contribution in [-0.4, -0.2) is 24.6 Å². The van der Waals surface area contributed by atoms with E-state index in [1.807, 2.05) is 6.20 Å². The third-order valence-electron chi connectivity index (χ3n) is 2.67. The highest BCUT2D eigenvalue weighted by Gasteiger charge is 2.09. The molecule has 2 N–H and O–H groups in total. The Balaban J connectivity index is 2.32. The van der Waals surface area contributed by atoms with Crippen molar-refractivity contribution in [3.05, 3.63) is 23.7 Å². The Hall–Kier alpha value is -1.13. The molecule has 2 aromatic heterocycles. The van der Waals surface area contributed by atoms with Gasteiger partial charge in [0.05, 0.1) is 0 Å². The van der Waals surface area contributed by atoms with Crippen molar-refractivity contribution < 1.29 is 0 Å². The lowest BCUT2D eigenvalue weighted by atomic mass is 10.3. The van der Waals surface area contributed by atoms with Crippen molar-refractivity contribution in [1.29, 1.82) is 0 Å². The molecule has 0 radical (unpaired) electrons. The first-order valence-electron chi connectivity index (χ1n) is 5.64. The largest absolute Gasteiger partial charge is 0.356 e. The first-order valence-corrected chi connectivity index (χ1v) is 6.52. The summed E-state index contributed by atoms with van der Waals surface area (Å²) in [5.41, 5.74) is 5.56. The zero-order chi connectivity index (χ0) is 11.4. The van der Waals surface area contributed by atoms with E-state index >= 15 is 0 Å². The number of hydrogen-bond donors (Lipinski definition) is 1. The average Bonchev–Trinajstić information content (AvgIpc) is 2.78. The van der Waals surface area contributed by atoms with Gasteiger partial charge in [0.1, 0.15) is 5.82 Å². The molecule has 0 spiro atoms. The number of nitrogens with two attached hydrogens (primary N) is 1. The van der Waals surface area contributed by atoms with Crippen LogP contribution in [0.2, 0.25) is 0 Å². The van der Waals surface area contributed by atoms with Gasteiger partial charge < -0.3 is 10.6 Å². The topological polar surface area (TPSA) is 42.1 Å².